The van der Waals surface area contributed by atoms with Gasteiger partial charge in [0.05, 0.1) is 19.1 Å². The minimum Gasteiger partial charge on any atom is -0.472 e. The first kappa shape index (κ1) is 13.6. The summed E-state index contributed by atoms with van der Waals surface area (Å²) in [6.07, 6.45) is 4.35. The molecule has 0 aliphatic carbocycles. The van der Waals surface area contributed by atoms with E-state index in [1.807, 2.05) is 42.3 Å². The number of likely N-dealkylation sites (N-methyl/N-ethyl adjacent to an activating group) is 1. The molecule has 3 nitrogen and oxygen atoms in total. The minimum atomic E-state index is 0.147. The third-order valence-corrected chi connectivity index (χ3v) is 3.13. The molecule has 1 heterocycles. The van der Waals surface area contributed by atoms with E-state index in [4.69, 9.17) is 4.42 Å². The topological polar surface area (TPSA) is 33.5 Å². The number of hydrogen-bond donors (Lipinski definition) is 0. The average molecular weight is 257 g/mol. The third-order valence-electron chi connectivity index (χ3n) is 3.13. The summed E-state index contributed by atoms with van der Waals surface area (Å²) in [6.45, 7) is 3.24. The van der Waals surface area contributed by atoms with Crippen molar-refractivity contribution in [2.24, 2.45) is 0 Å². The molecule has 0 unspecified atom stereocenters. The highest BCUT2D eigenvalue weighted by atomic mass is 16.3. The monoisotopic (exact) mass is 257 g/mol. The minimum absolute atomic E-state index is 0.147. The number of benzene rings is 1. The maximum absolute atomic E-state index is 12.1. The molecule has 0 bridgehead atoms. The molecule has 0 amide bonds. The second-order valence-electron chi connectivity index (χ2n) is 4.78. The highest BCUT2D eigenvalue weighted by Crippen LogP contribution is 2.08. The van der Waals surface area contributed by atoms with Gasteiger partial charge in [-0.15, -0.1) is 0 Å². The Balaban J connectivity index is 1.92. The number of carbonyl (C=O) groups excluding carboxylic acids is 1. The second kappa shape index (κ2) is 6.34. The summed E-state index contributed by atoms with van der Waals surface area (Å²) >= 11 is 0. The van der Waals surface area contributed by atoms with Gasteiger partial charge in [0.1, 0.15) is 0 Å². The first-order chi connectivity index (χ1) is 9.19. The van der Waals surface area contributed by atoms with Gasteiger partial charge in [-0.3, -0.25) is 9.69 Å². The van der Waals surface area contributed by atoms with Crippen LogP contribution in [0.3, 0.4) is 0 Å². The van der Waals surface area contributed by atoms with Gasteiger partial charge in [0.2, 0.25) is 0 Å². The van der Waals surface area contributed by atoms with Crippen molar-refractivity contribution in [2.45, 2.75) is 19.9 Å². The maximum Gasteiger partial charge on any atom is 0.176 e. The molecule has 0 aliphatic rings. The molecule has 0 saturated carbocycles. The van der Waals surface area contributed by atoms with E-state index >= 15 is 0 Å². The second-order valence-corrected chi connectivity index (χ2v) is 4.78. The van der Waals surface area contributed by atoms with Crippen LogP contribution in [-0.2, 0) is 13.0 Å². The van der Waals surface area contributed by atoms with E-state index in [1.165, 1.54) is 5.56 Å². The van der Waals surface area contributed by atoms with Crippen LogP contribution in [0, 0.1) is 0 Å². The summed E-state index contributed by atoms with van der Waals surface area (Å²) in [5, 5.41) is 0. The van der Waals surface area contributed by atoms with E-state index in [1.54, 1.807) is 12.5 Å². The number of carbonyl (C=O) groups is 1. The molecule has 0 N–H and O–H groups in total. The zero-order valence-corrected chi connectivity index (χ0v) is 11.4. The number of Topliss-reactive ketones (excluding diaryl/α,β-unsaturated/α-hetero) is 1. The lowest BCUT2D eigenvalue weighted by atomic mass is 10.1. The summed E-state index contributed by atoms with van der Waals surface area (Å²) in [7, 11) is 1.94. The van der Waals surface area contributed by atoms with Crippen LogP contribution in [0.15, 0.2) is 47.3 Å². The molecule has 1 aromatic heterocycles. The summed E-state index contributed by atoms with van der Waals surface area (Å²) in [4.78, 5) is 14.1. The molecule has 1 aromatic carbocycles. The van der Waals surface area contributed by atoms with Crippen LogP contribution in [0.4, 0.5) is 0 Å². The Hall–Kier alpha value is -1.87. The van der Waals surface area contributed by atoms with Crippen LogP contribution in [0.5, 0.6) is 0 Å². The quantitative estimate of drug-likeness (QED) is 0.745. The highest BCUT2D eigenvalue weighted by molar-refractivity contribution is 5.97. The van der Waals surface area contributed by atoms with E-state index in [-0.39, 0.29) is 5.78 Å². The van der Waals surface area contributed by atoms with Crippen molar-refractivity contribution >= 4 is 5.78 Å². The number of ketones is 1. The molecule has 2 aromatic rings. The highest BCUT2D eigenvalue weighted by Gasteiger charge is 2.10. The Morgan fingerprint density at radius 3 is 2.47 bits per heavy atom. The Morgan fingerprint density at radius 2 is 1.89 bits per heavy atom. The lowest BCUT2D eigenvalue weighted by molar-refractivity contribution is 0.0943. The van der Waals surface area contributed by atoms with Crippen molar-refractivity contribution in [1.82, 2.24) is 4.90 Å². The zero-order chi connectivity index (χ0) is 13.7. The molecule has 0 atom stereocenters. The molecule has 100 valence electrons. The van der Waals surface area contributed by atoms with Gasteiger partial charge < -0.3 is 4.42 Å². The van der Waals surface area contributed by atoms with Gasteiger partial charge in [0.25, 0.3) is 0 Å². The third kappa shape index (κ3) is 3.80. The zero-order valence-electron chi connectivity index (χ0n) is 11.4. The van der Waals surface area contributed by atoms with Crippen molar-refractivity contribution in [3.8, 4) is 0 Å². The molecule has 19 heavy (non-hydrogen) atoms. The summed E-state index contributed by atoms with van der Waals surface area (Å²) in [5.74, 6) is 0.147. The molecule has 0 fully saturated rings. The summed E-state index contributed by atoms with van der Waals surface area (Å²) in [5.41, 5.74) is 3.11. The smallest absolute Gasteiger partial charge is 0.176 e. The van der Waals surface area contributed by atoms with Crippen molar-refractivity contribution in [3.05, 3.63) is 59.5 Å². The normalized spacial score (nSPS) is 10.9. The Morgan fingerprint density at radius 1 is 1.16 bits per heavy atom. The van der Waals surface area contributed by atoms with Crippen molar-refractivity contribution in [2.75, 3.05) is 13.6 Å². The Bertz CT molecular complexity index is 514. The van der Waals surface area contributed by atoms with Gasteiger partial charge in [0, 0.05) is 17.7 Å². The largest absolute Gasteiger partial charge is 0.472 e. The van der Waals surface area contributed by atoms with E-state index in [2.05, 4.69) is 6.92 Å². The first-order valence-electron chi connectivity index (χ1n) is 6.51. The lowest BCUT2D eigenvalue weighted by Crippen LogP contribution is -2.25. The van der Waals surface area contributed by atoms with Crippen molar-refractivity contribution < 1.29 is 9.21 Å². The predicted molar refractivity (Wildman–Crippen MR) is 75.2 cm³/mol. The molecule has 3 heteroatoms. The van der Waals surface area contributed by atoms with E-state index < -0.39 is 0 Å². The molecule has 0 aliphatic heterocycles. The van der Waals surface area contributed by atoms with Gasteiger partial charge in [-0.1, -0.05) is 31.2 Å². The van der Waals surface area contributed by atoms with Crippen LogP contribution in [0.2, 0.25) is 0 Å². The summed E-state index contributed by atoms with van der Waals surface area (Å²) < 4.78 is 5.02. The lowest BCUT2D eigenvalue weighted by Gasteiger charge is -2.14. The number of aryl methyl sites for hydroxylation is 1. The van der Waals surface area contributed by atoms with Crippen LogP contribution >= 0.6 is 0 Å². The fourth-order valence-electron chi connectivity index (χ4n) is 2.01. The van der Waals surface area contributed by atoms with Gasteiger partial charge >= 0.3 is 0 Å². The van der Waals surface area contributed by atoms with Gasteiger partial charge in [-0.25, -0.2) is 0 Å². The SMILES string of the molecule is CCc1ccc(C(=O)CN(C)Cc2ccoc2)cc1. The Kier molecular flexibility index (Phi) is 4.53. The van der Waals surface area contributed by atoms with Crippen molar-refractivity contribution in [1.29, 1.82) is 0 Å². The van der Waals surface area contributed by atoms with Crippen LogP contribution < -0.4 is 0 Å². The number of furan rings is 1. The number of nitrogens with zero attached hydrogens (tertiary/aromatic N) is 1. The van der Waals surface area contributed by atoms with Gasteiger partial charge in [-0.05, 0) is 25.1 Å². The first-order valence-corrected chi connectivity index (χ1v) is 6.51. The summed E-state index contributed by atoms with van der Waals surface area (Å²) in [6, 6.07) is 9.77. The molecular weight excluding hydrogens is 238 g/mol. The van der Waals surface area contributed by atoms with E-state index in [9.17, 15) is 4.79 Å². The predicted octanol–water partition coefficient (Wildman–Crippen LogP) is 3.16. The van der Waals surface area contributed by atoms with Gasteiger partial charge in [0.15, 0.2) is 5.78 Å². The van der Waals surface area contributed by atoms with Crippen LogP contribution in [-0.4, -0.2) is 24.3 Å². The molecule has 0 spiro atoms. The van der Waals surface area contributed by atoms with E-state index in [0.29, 0.717) is 6.54 Å². The fraction of sp³-hybridized carbons (Fsp3) is 0.312. The van der Waals surface area contributed by atoms with Crippen LogP contribution in [0.25, 0.3) is 0 Å². The van der Waals surface area contributed by atoms with Crippen molar-refractivity contribution in [3.63, 3.8) is 0 Å². The molecular formula is C16H19NO2. The average Bonchev–Trinajstić information content (AvgIpc) is 2.91. The fourth-order valence-corrected chi connectivity index (χ4v) is 2.01. The number of rotatable bonds is 6. The van der Waals surface area contributed by atoms with Crippen LogP contribution in [0.1, 0.15) is 28.4 Å². The van der Waals surface area contributed by atoms with E-state index in [0.717, 1.165) is 24.1 Å². The molecule has 0 radical (unpaired) electrons. The van der Waals surface area contributed by atoms with Gasteiger partial charge in [-0.2, -0.15) is 0 Å². The number of hydrogen-bond acceptors (Lipinski definition) is 3. The maximum atomic E-state index is 12.1. The standard InChI is InChI=1S/C16H19NO2/c1-3-13-4-6-15(7-5-13)16(18)11-17(2)10-14-8-9-19-12-14/h4-9,12H,3,10-11H2,1-2H3. The Labute approximate surface area is 113 Å². The molecule has 2 rings (SSSR count). The molecule has 0 saturated heterocycles.